The van der Waals surface area contributed by atoms with Crippen LogP contribution in [0.5, 0.6) is 5.75 Å². The minimum absolute atomic E-state index is 0.0258. The molecular formula is C9H11ClN4O5S. The number of hydrogen-bond acceptors (Lipinski definition) is 6. The number of urea groups is 1. The SMILES string of the molecule is O=C(NCC1NN1)Nc1cc(Cl)cc(S(=O)(=O)O)c1O. The van der Waals surface area contributed by atoms with Crippen LogP contribution in [0.25, 0.3) is 0 Å². The van der Waals surface area contributed by atoms with Gasteiger partial charge in [-0.3, -0.25) is 4.55 Å². The van der Waals surface area contributed by atoms with Crippen LogP contribution >= 0.6 is 11.6 Å². The zero-order chi connectivity index (χ0) is 14.9. The van der Waals surface area contributed by atoms with E-state index < -0.39 is 26.8 Å². The average molecular weight is 323 g/mol. The summed E-state index contributed by atoms with van der Waals surface area (Å²) >= 11 is 5.67. The molecule has 0 aliphatic carbocycles. The first kappa shape index (κ1) is 14.8. The van der Waals surface area contributed by atoms with Gasteiger partial charge in [-0.1, -0.05) is 11.6 Å². The highest BCUT2D eigenvalue weighted by Crippen LogP contribution is 2.34. The second-order valence-corrected chi connectivity index (χ2v) is 5.78. The van der Waals surface area contributed by atoms with Gasteiger partial charge in [-0.2, -0.15) is 8.42 Å². The zero-order valence-electron chi connectivity index (χ0n) is 9.84. The van der Waals surface area contributed by atoms with Gasteiger partial charge in [-0.25, -0.2) is 15.6 Å². The highest BCUT2D eigenvalue weighted by molar-refractivity contribution is 7.86. The van der Waals surface area contributed by atoms with Gasteiger partial charge in [0.05, 0.1) is 12.2 Å². The molecule has 2 rings (SSSR count). The lowest BCUT2D eigenvalue weighted by atomic mass is 10.3. The fraction of sp³-hybridized carbons (Fsp3) is 0.222. The molecule has 0 unspecified atom stereocenters. The van der Waals surface area contributed by atoms with E-state index >= 15 is 0 Å². The van der Waals surface area contributed by atoms with E-state index in [1.807, 2.05) is 0 Å². The number of hydrazine groups is 1. The van der Waals surface area contributed by atoms with Gasteiger partial charge >= 0.3 is 6.03 Å². The monoisotopic (exact) mass is 322 g/mol. The summed E-state index contributed by atoms with van der Waals surface area (Å²) in [5.74, 6) is -0.797. The fourth-order valence-corrected chi connectivity index (χ4v) is 2.30. The molecule has 110 valence electrons. The Morgan fingerprint density at radius 3 is 2.60 bits per heavy atom. The second kappa shape index (κ2) is 5.42. The van der Waals surface area contributed by atoms with Crippen molar-refractivity contribution in [3.05, 3.63) is 17.2 Å². The number of hydrogen-bond donors (Lipinski definition) is 6. The van der Waals surface area contributed by atoms with E-state index in [4.69, 9.17) is 16.2 Å². The van der Waals surface area contributed by atoms with Crippen LogP contribution in [0.1, 0.15) is 0 Å². The Bertz CT molecular complexity index is 646. The Kier molecular flexibility index (Phi) is 4.01. The molecule has 0 bridgehead atoms. The van der Waals surface area contributed by atoms with Gasteiger partial charge in [0.2, 0.25) is 0 Å². The molecule has 1 aromatic carbocycles. The third-order valence-corrected chi connectivity index (χ3v) is 3.47. The summed E-state index contributed by atoms with van der Waals surface area (Å²) in [4.78, 5) is 10.7. The predicted octanol–water partition coefficient (Wildman–Crippen LogP) is -0.152. The maximum absolute atomic E-state index is 11.5. The molecule has 1 heterocycles. The maximum Gasteiger partial charge on any atom is 0.319 e. The van der Waals surface area contributed by atoms with Crippen LogP contribution in [-0.2, 0) is 10.1 Å². The second-order valence-electron chi connectivity index (χ2n) is 3.95. The number of anilines is 1. The van der Waals surface area contributed by atoms with Crippen LogP contribution < -0.4 is 21.5 Å². The summed E-state index contributed by atoms with van der Waals surface area (Å²) in [6.07, 6.45) is -0.0258. The third-order valence-electron chi connectivity index (χ3n) is 2.38. The van der Waals surface area contributed by atoms with Gasteiger partial charge in [-0.05, 0) is 12.1 Å². The maximum atomic E-state index is 11.5. The Labute approximate surface area is 119 Å². The number of amides is 2. The molecule has 20 heavy (non-hydrogen) atoms. The molecule has 1 fully saturated rings. The van der Waals surface area contributed by atoms with Crippen LogP contribution in [0.15, 0.2) is 17.0 Å². The van der Waals surface area contributed by atoms with E-state index in [1.54, 1.807) is 0 Å². The molecule has 2 amide bonds. The normalized spacial score (nSPS) is 14.9. The molecule has 0 aromatic heterocycles. The van der Waals surface area contributed by atoms with Gasteiger partial charge in [0.1, 0.15) is 11.1 Å². The van der Waals surface area contributed by atoms with Crippen molar-refractivity contribution in [3.63, 3.8) is 0 Å². The molecule has 0 radical (unpaired) electrons. The molecule has 0 saturated carbocycles. The number of carbonyl (C=O) groups excluding carboxylic acids is 1. The van der Waals surface area contributed by atoms with Crippen LogP contribution in [-0.4, -0.2) is 36.8 Å². The summed E-state index contributed by atoms with van der Waals surface area (Å²) in [5.41, 5.74) is 5.22. The lowest BCUT2D eigenvalue weighted by molar-refractivity contribution is 0.252. The van der Waals surface area contributed by atoms with Crippen molar-refractivity contribution in [1.29, 1.82) is 0 Å². The Balaban J connectivity index is 2.18. The van der Waals surface area contributed by atoms with E-state index in [0.717, 1.165) is 12.1 Å². The quantitative estimate of drug-likeness (QED) is 0.255. The van der Waals surface area contributed by atoms with Gasteiger partial charge in [0, 0.05) is 5.02 Å². The summed E-state index contributed by atoms with van der Waals surface area (Å²) < 4.78 is 31.1. The number of aromatic hydroxyl groups is 1. The van der Waals surface area contributed by atoms with Gasteiger partial charge in [-0.15, -0.1) is 0 Å². The van der Waals surface area contributed by atoms with E-state index in [0.29, 0.717) is 0 Å². The average Bonchev–Trinajstić information content (AvgIpc) is 3.13. The van der Waals surface area contributed by atoms with Gasteiger partial charge < -0.3 is 15.7 Å². The molecule has 1 aliphatic heterocycles. The molecule has 1 aliphatic rings. The molecule has 0 spiro atoms. The van der Waals surface area contributed by atoms with Crippen molar-refractivity contribution in [3.8, 4) is 5.75 Å². The lowest BCUT2D eigenvalue weighted by Gasteiger charge is -2.11. The Hall–Kier alpha value is -1.59. The van der Waals surface area contributed by atoms with Crippen molar-refractivity contribution in [1.82, 2.24) is 16.2 Å². The summed E-state index contributed by atoms with van der Waals surface area (Å²) in [6.45, 7) is 0.290. The first-order chi connectivity index (χ1) is 9.27. The highest BCUT2D eigenvalue weighted by Gasteiger charge is 2.22. The molecule has 9 nitrogen and oxygen atoms in total. The van der Waals surface area contributed by atoms with Crippen LogP contribution in [0.2, 0.25) is 5.02 Å². The van der Waals surface area contributed by atoms with Crippen molar-refractivity contribution in [2.24, 2.45) is 0 Å². The largest absolute Gasteiger partial charge is 0.504 e. The highest BCUT2D eigenvalue weighted by atomic mass is 35.5. The fourth-order valence-electron chi connectivity index (χ4n) is 1.39. The van der Waals surface area contributed by atoms with Crippen molar-refractivity contribution in [2.75, 3.05) is 11.9 Å². The molecular weight excluding hydrogens is 312 g/mol. The number of nitrogens with one attached hydrogen (secondary N) is 4. The summed E-state index contributed by atoms with van der Waals surface area (Å²) in [5, 5.41) is 14.3. The van der Waals surface area contributed by atoms with E-state index in [2.05, 4.69) is 21.5 Å². The van der Waals surface area contributed by atoms with E-state index in [-0.39, 0.29) is 23.4 Å². The Morgan fingerprint density at radius 2 is 2.05 bits per heavy atom. The van der Waals surface area contributed by atoms with Gasteiger partial charge in [0.15, 0.2) is 5.75 Å². The predicted molar refractivity (Wildman–Crippen MR) is 70.0 cm³/mol. The van der Waals surface area contributed by atoms with E-state index in [9.17, 15) is 18.3 Å². The zero-order valence-corrected chi connectivity index (χ0v) is 11.4. The molecule has 6 N–H and O–H groups in total. The summed E-state index contributed by atoms with van der Waals surface area (Å²) in [7, 11) is -4.66. The minimum atomic E-state index is -4.66. The number of halogens is 1. The number of phenolic OH excluding ortho intramolecular Hbond substituents is 1. The standard InChI is InChI=1S/C9H11ClN4O5S/c10-4-1-5(8(15)6(2-4)20(17,18)19)12-9(16)11-3-7-13-14-7/h1-2,7,13-15H,3H2,(H2,11,12,16)(H,17,18,19). The number of phenols is 1. The van der Waals surface area contributed by atoms with Crippen LogP contribution in [0.4, 0.5) is 10.5 Å². The van der Waals surface area contributed by atoms with Crippen molar-refractivity contribution < 1.29 is 22.9 Å². The number of carbonyl (C=O) groups is 1. The first-order valence-corrected chi connectivity index (χ1v) is 7.15. The van der Waals surface area contributed by atoms with E-state index in [1.165, 1.54) is 0 Å². The van der Waals surface area contributed by atoms with Crippen LogP contribution in [0, 0.1) is 0 Å². The third kappa shape index (κ3) is 3.71. The van der Waals surface area contributed by atoms with Gasteiger partial charge in [0.25, 0.3) is 10.1 Å². The number of rotatable bonds is 4. The molecule has 11 heteroatoms. The topological polar surface area (TPSA) is 160 Å². The first-order valence-electron chi connectivity index (χ1n) is 5.33. The van der Waals surface area contributed by atoms with Crippen molar-refractivity contribution in [2.45, 2.75) is 11.1 Å². The molecule has 0 atom stereocenters. The minimum Gasteiger partial charge on any atom is -0.504 e. The van der Waals surface area contributed by atoms with Crippen molar-refractivity contribution >= 4 is 33.4 Å². The van der Waals surface area contributed by atoms with Crippen LogP contribution in [0.3, 0.4) is 0 Å². The lowest BCUT2D eigenvalue weighted by Crippen LogP contribution is -2.32. The Morgan fingerprint density at radius 1 is 1.40 bits per heavy atom. The molecule has 1 saturated heterocycles. The molecule has 1 aromatic rings. The number of benzene rings is 1. The summed E-state index contributed by atoms with van der Waals surface area (Å²) in [6, 6.07) is 1.35. The smallest absolute Gasteiger partial charge is 0.319 e.